The van der Waals surface area contributed by atoms with Crippen LogP contribution in [-0.4, -0.2) is 36.2 Å². The number of carbonyl (C=O) groups excluding carboxylic acids is 1. The van der Waals surface area contributed by atoms with Crippen LogP contribution in [0, 0.1) is 0 Å². The van der Waals surface area contributed by atoms with E-state index in [2.05, 4.69) is 5.32 Å². The molecule has 1 amide bonds. The quantitative estimate of drug-likeness (QED) is 0.864. The molecule has 2 fully saturated rings. The molecule has 0 radical (unpaired) electrons. The molecule has 1 N–H and O–H groups in total. The Kier molecular flexibility index (Phi) is 2.96. The molecule has 0 saturated carbocycles. The normalized spacial score (nSPS) is 26.1. The zero-order valence-electron chi connectivity index (χ0n) is 10.4. The first-order valence-corrected chi connectivity index (χ1v) is 6.48. The van der Waals surface area contributed by atoms with Crippen LogP contribution in [0.15, 0.2) is 30.3 Å². The van der Waals surface area contributed by atoms with E-state index in [-0.39, 0.29) is 11.6 Å². The molecule has 2 saturated heterocycles. The van der Waals surface area contributed by atoms with E-state index in [1.165, 1.54) is 6.42 Å². The van der Waals surface area contributed by atoms with Gasteiger partial charge in [-0.3, -0.25) is 0 Å². The first-order chi connectivity index (χ1) is 8.77. The number of likely N-dealkylation sites (tertiary alicyclic amines) is 1. The van der Waals surface area contributed by atoms with Crippen LogP contribution < -0.4 is 5.32 Å². The third-order valence-electron chi connectivity index (χ3n) is 3.92. The van der Waals surface area contributed by atoms with Gasteiger partial charge in [0.15, 0.2) is 0 Å². The van der Waals surface area contributed by atoms with Crippen LogP contribution in [0.2, 0.25) is 0 Å². The van der Waals surface area contributed by atoms with Crippen LogP contribution in [-0.2, 0) is 11.3 Å². The van der Waals surface area contributed by atoms with Gasteiger partial charge in [0.1, 0.15) is 6.61 Å². The fraction of sp³-hybridized carbons (Fsp3) is 0.500. The lowest BCUT2D eigenvalue weighted by atomic mass is 9.87. The lowest BCUT2D eigenvalue weighted by Crippen LogP contribution is -2.58. The lowest BCUT2D eigenvalue weighted by molar-refractivity contribution is 0.0978. The summed E-state index contributed by atoms with van der Waals surface area (Å²) in [5, 5.41) is 3.43. The standard InChI is InChI=1S/C14H18N2O2/c17-13(18-10-12-4-2-1-3-5-12)16-9-7-14(11-16)6-8-15-14/h1-5,15H,6-11H2/t14-/m1/s1. The predicted octanol–water partition coefficient (Wildman–Crippen LogP) is 1.76. The van der Waals surface area contributed by atoms with Gasteiger partial charge in [-0.05, 0) is 24.9 Å². The Bertz CT molecular complexity index is 429. The highest BCUT2D eigenvalue weighted by Crippen LogP contribution is 2.30. The van der Waals surface area contributed by atoms with Crippen LogP contribution in [0.1, 0.15) is 18.4 Å². The highest BCUT2D eigenvalue weighted by atomic mass is 16.6. The molecule has 2 aliphatic rings. The fourth-order valence-electron chi connectivity index (χ4n) is 2.67. The highest BCUT2D eigenvalue weighted by molar-refractivity contribution is 5.68. The molecule has 2 heterocycles. The van der Waals surface area contributed by atoms with Gasteiger partial charge in [0.2, 0.25) is 0 Å². The molecule has 1 aromatic rings. The largest absolute Gasteiger partial charge is 0.445 e. The van der Waals surface area contributed by atoms with Gasteiger partial charge in [0.05, 0.1) is 0 Å². The minimum atomic E-state index is -0.190. The van der Waals surface area contributed by atoms with E-state index in [0.29, 0.717) is 6.61 Å². The second-order valence-electron chi connectivity index (χ2n) is 5.17. The van der Waals surface area contributed by atoms with Gasteiger partial charge in [0.25, 0.3) is 0 Å². The Labute approximate surface area is 107 Å². The second-order valence-corrected chi connectivity index (χ2v) is 5.17. The first-order valence-electron chi connectivity index (χ1n) is 6.48. The zero-order chi connectivity index (χ0) is 12.4. The molecule has 2 aliphatic heterocycles. The summed E-state index contributed by atoms with van der Waals surface area (Å²) in [6.07, 6.45) is 2.03. The van der Waals surface area contributed by atoms with Crippen molar-refractivity contribution in [3.8, 4) is 0 Å². The van der Waals surface area contributed by atoms with E-state index in [9.17, 15) is 4.79 Å². The van der Waals surface area contributed by atoms with Gasteiger partial charge >= 0.3 is 6.09 Å². The van der Waals surface area contributed by atoms with E-state index in [1.807, 2.05) is 35.2 Å². The molecule has 1 aromatic carbocycles. The number of carbonyl (C=O) groups is 1. The number of amides is 1. The van der Waals surface area contributed by atoms with Gasteiger partial charge in [-0.2, -0.15) is 0 Å². The molecular weight excluding hydrogens is 228 g/mol. The molecule has 0 aromatic heterocycles. The number of benzene rings is 1. The Morgan fingerprint density at radius 2 is 2.11 bits per heavy atom. The van der Waals surface area contributed by atoms with E-state index < -0.39 is 0 Å². The average molecular weight is 246 g/mol. The summed E-state index contributed by atoms with van der Waals surface area (Å²) in [5.74, 6) is 0. The summed E-state index contributed by atoms with van der Waals surface area (Å²) in [6, 6.07) is 9.79. The van der Waals surface area contributed by atoms with Crippen molar-refractivity contribution in [1.29, 1.82) is 0 Å². The minimum absolute atomic E-state index is 0.190. The number of ether oxygens (including phenoxy) is 1. The first kappa shape index (κ1) is 11.5. The number of nitrogens with one attached hydrogen (secondary N) is 1. The van der Waals surface area contributed by atoms with Gasteiger partial charge in [-0.1, -0.05) is 30.3 Å². The van der Waals surface area contributed by atoms with E-state index in [0.717, 1.165) is 31.6 Å². The Morgan fingerprint density at radius 3 is 2.72 bits per heavy atom. The Balaban J connectivity index is 1.50. The van der Waals surface area contributed by atoms with Crippen LogP contribution >= 0.6 is 0 Å². The molecular formula is C14H18N2O2. The summed E-state index contributed by atoms with van der Waals surface area (Å²) in [4.78, 5) is 13.7. The van der Waals surface area contributed by atoms with Crippen molar-refractivity contribution in [3.05, 3.63) is 35.9 Å². The maximum Gasteiger partial charge on any atom is 0.410 e. The van der Waals surface area contributed by atoms with Crippen molar-refractivity contribution in [3.63, 3.8) is 0 Å². The third-order valence-corrected chi connectivity index (χ3v) is 3.92. The molecule has 4 heteroatoms. The van der Waals surface area contributed by atoms with E-state index in [4.69, 9.17) is 4.74 Å². The molecule has 0 aliphatic carbocycles. The van der Waals surface area contributed by atoms with Crippen LogP contribution in [0.3, 0.4) is 0 Å². The summed E-state index contributed by atoms with van der Waals surface area (Å²) < 4.78 is 5.33. The van der Waals surface area contributed by atoms with Crippen LogP contribution in [0.4, 0.5) is 4.79 Å². The monoisotopic (exact) mass is 246 g/mol. The van der Waals surface area contributed by atoms with Gasteiger partial charge < -0.3 is 15.0 Å². The molecule has 4 nitrogen and oxygen atoms in total. The van der Waals surface area contributed by atoms with Crippen molar-refractivity contribution < 1.29 is 9.53 Å². The average Bonchev–Trinajstić information content (AvgIpc) is 2.82. The van der Waals surface area contributed by atoms with Gasteiger partial charge in [0, 0.05) is 18.6 Å². The van der Waals surface area contributed by atoms with Crippen molar-refractivity contribution in [2.24, 2.45) is 0 Å². The number of rotatable bonds is 2. The fourth-order valence-corrected chi connectivity index (χ4v) is 2.67. The Morgan fingerprint density at radius 1 is 1.33 bits per heavy atom. The molecule has 3 rings (SSSR count). The molecule has 0 unspecified atom stereocenters. The maximum absolute atomic E-state index is 11.9. The minimum Gasteiger partial charge on any atom is -0.445 e. The van der Waals surface area contributed by atoms with Crippen molar-refractivity contribution >= 4 is 6.09 Å². The zero-order valence-corrected chi connectivity index (χ0v) is 10.4. The Hall–Kier alpha value is -1.55. The molecule has 18 heavy (non-hydrogen) atoms. The van der Waals surface area contributed by atoms with Crippen molar-refractivity contribution in [1.82, 2.24) is 10.2 Å². The van der Waals surface area contributed by atoms with Gasteiger partial charge in [-0.25, -0.2) is 4.79 Å². The van der Waals surface area contributed by atoms with Crippen molar-refractivity contribution in [2.45, 2.75) is 25.0 Å². The SMILES string of the molecule is O=C(OCc1ccccc1)N1CC[C@]2(CCN2)C1. The predicted molar refractivity (Wildman–Crippen MR) is 68.2 cm³/mol. The molecule has 1 atom stereocenters. The lowest BCUT2D eigenvalue weighted by Gasteiger charge is -2.39. The molecule has 96 valence electrons. The van der Waals surface area contributed by atoms with Crippen LogP contribution in [0.25, 0.3) is 0 Å². The van der Waals surface area contributed by atoms with Gasteiger partial charge in [-0.15, -0.1) is 0 Å². The number of hydrogen-bond acceptors (Lipinski definition) is 3. The summed E-state index contributed by atoms with van der Waals surface area (Å²) in [6.45, 7) is 3.03. The van der Waals surface area contributed by atoms with E-state index in [1.54, 1.807) is 0 Å². The number of hydrogen-bond donors (Lipinski definition) is 1. The molecule has 0 bridgehead atoms. The topological polar surface area (TPSA) is 41.6 Å². The smallest absolute Gasteiger partial charge is 0.410 e. The third kappa shape index (κ3) is 2.20. The maximum atomic E-state index is 11.9. The summed E-state index contributed by atoms with van der Waals surface area (Å²) >= 11 is 0. The summed E-state index contributed by atoms with van der Waals surface area (Å²) in [5.41, 5.74) is 1.23. The number of nitrogens with zero attached hydrogens (tertiary/aromatic N) is 1. The van der Waals surface area contributed by atoms with E-state index >= 15 is 0 Å². The van der Waals surface area contributed by atoms with Crippen molar-refractivity contribution in [2.75, 3.05) is 19.6 Å². The summed E-state index contributed by atoms with van der Waals surface area (Å²) in [7, 11) is 0. The molecule has 1 spiro atoms. The van der Waals surface area contributed by atoms with Crippen LogP contribution in [0.5, 0.6) is 0 Å². The highest BCUT2D eigenvalue weighted by Gasteiger charge is 2.44. The second kappa shape index (κ2) is 4.61.